The van der Waals surface area contributed by atoms with Crippen LogP contribution in [0, 0.1) is 13.8 Å². The van der Waals surface area contributed by atoms with E-state index in [0.717, 1.165) is 35.6 Å². The molecule has 0 amide bonds. The van der Waals surface area contributed by atoms with E-state index in [1.165, 1.54) is 22.2 Å². The van der Waals surface area contributed by atoms with Crippen LogP contribution >= 0.6 is 0 Å². The predicted octanol–water partition coefficient (Wildman–Crippen LogP) is 5.15. The van der Waals surface area contributed by atoms with Gasteiger partial charge < -0.3 is 10.3 Å². The summed E-state index contributed by atoms with van der Waals surface area (Å²) < 4.78 is 2.32. The van der Waals surface area contributed by atoms with E-state index in [1.54, 1.807) is 0 Å². The Kier molecular flexibility index (Phi) is 4.21. The lowest BCUT2D eigenvalue weighted by Gasteiger charge is -2.11. The Hall–Kier alpha value is -3.07. The van der Waals surface area contributed by atoms with E-state index in [-0.39, 0.29) is 0 Å². The third-order valence-electron chi connectivity index (χ3n) is 4.98. The number of nitrogens with zero attached hydrogens (tertiary/aromatic N) is 2. The van der Waals surface area contributed by atoms with Crippen LogP contribution < -0.4 is 5.73 Å². The summed E-state index contributed by atoms with van der Waals surface area (Å²) in [5, 5.41) is 0. The van der Waals surface area contributed by atoms with Crippen molar-refractivity contribution in [3.05, 3.63) is 83.4 Å². The number of fused-ring (bicyclic) bond motifs is 1. The summed E-state index contributed by atoms with van der Waals surface area (Å²) in [4.78, 5) is 4.95. The molecular formula is C23H23N3. The van der Waals surface area contributed by atoms with E-state index in [9.17, 15) is 0 Å². The number of aryl methyl sites for hydroxylation is 4. The summed E-state index contributed by atoms with van der Waals surface area (Å²) in [6, 6.07) is 23.0. The van der Waals surface area contributed by atoms with Crippen molar-refractivity contribution in [2.24, 2.45) is 0 Å². The van der Waals surface area contributed by atoms with Crippen LogP contribution in [0.3, 0.4) is 0 Å². The van der Waals surface area contributed by atoms with E-state index in [1.807, 2.05) is 18.2 Å². The third-order valence-corrected chi connectivity index (χ3v) is 4.98. The number of hydrogen-bond acceptors (Lipinski definition) is 2. The predicted molar refractivity (Wildman–Crippen MR) is 109 cm³/mol. The summed E-state index contributed by atoms with van der Waals surface area (Å²) in [6.07, 6.45) is 0.967. The van der Waals surface area contributed by atoms with Crippen molar-refractivity contribution in [2.45, 2.75) is 26.8 Å². The van der Waals surface area contributed by atoms with E-state index in [0.29, 0.717) is 0 Å². The van der Waals surface area contributed by atoms with Gasteiger partial charge in [0.2, 0.25) is 0 Å². The van der Waals surface area contributed by atoms with Crippen molar-refractivity contribution < 1.29 is 0 Å². The normalized spacial score (nSPS) is 11.2. The van der Waals surface area contributed by atoms with Crippen LogP contribution in [0.5, 0.6) is 0 Å². The van der Waals surface area contributed by atoms with Gasteiger partial charge in [0.1, 0.15) is 5.82 Å². The molecule has 1 heterocycles. The molecule has 4 aromatic rings. The molecule has 0 radical (unpaired) electrons. The smallest absolute Gasteiger partial charge is 0.141 e. The third kappa shape index (κ3) is 3.08. The van der Waals surface area contributed by atoms with Crippen LogP contribution in [0.4, 0.5) is 5.69 Å². The molecule has 0 aliphatic rings. The Bertz CT molecular complexity index is 1060. The zero-order valence-corrected chi connectivity index (χ0v) is 15.2. The Morgan fingerprint density at radius 2 is 1.65 bits per heavy atom. The molecule has 26 heavy (non-hydrogen) atoms. The van der Waals surface area contributed by atoms with Crippen LogP contribution in [0.1, 0.15) is 16.7 Å². The number of rotatable bonds is 4. The molecular weight excluding hydrogens is 318 g/mol. The summed E-state index contributed by atoms with van der Waals surface area (Å²) in [5.41, 5.74) is 13.9. The lowest BCUT2D eigenvalue weighted by atomic mass is 10.1. The Morgan fingerprint density at radius 1 is 0.885 bits per heavy atom. The van der Waals surface area contributed by atoms with Gasteiger partial charge in [0.25, 0.3) is 0 Å². The molecule has 3 heteroatoms. The van der Waals surface area contributed by atoms with Gasteiger partial charge in [0.15, 0.2) is 0 Å². The van der Waals surface area contributed by atoms with Gasteiger partial charge in [0.05, 0.1) is 11.0 Å². The minimum absolute atomic E-state index is 0.761. The van der Waals surface area contributed by atoms with E-state index in [2.05, 4.69) is 66.9 Å². The van der Waals surface area contributed by atoms with Crippen molar-refractivity contribution in [1.82, 2.24) is 9.55 Å². The maximum absolute atomic E-state index is 6.02. The van der Waals surface area contributed by atoms with Gasteiger partial charge in [-0.1, -0.05) is 42.5 Å². The monoisotopic (exact) mass is 341 g/mol. The van der Waals surface area contributed by atoms with Crippen LogP contribution in [0.15, 0.2) is 66.7 Å². The first kappa shape index (κ1) is 16.4. The Morgan fingerprint density at radius 3 is 2.42 bits per heavy atom. The van der Waals surface area contributed by atoms with Crippen LogP contribution in [0.2, 0.25) is 0 Å². The molecule has 0 bridgehead atoms. The molecule has 0 saturated carbocycles. The number of nitrogen functional groups attached to an aromatic ring is 1. The standard InChI is InChI=1S/C23H23N3/c1-16-13-21-22(14-17(16)2)26(12-11-18-7-4-3-5-8-18)23(25-21)19-9-6-10-20(24)15-19/h3-10,13-15H,11-12,24H2,1-2H3. The average Bonchev–Trinajstić information content (AvgIpc) is 2.99. The molecule has 3 nitrogen and oxygen atoms in total. The first-order valence-corrected chi connectivity index (χ1v) is 8.99. The Balaban J connectivity index is 1.84. The molecule has 1 aromatic heterocycles. The molecule has 3 aromatic carbocycles. The zero-order valence-electron chi connectivity index (χ0n) is 15.2. The lowest BCUT2D eigenvalue weighted by molar-refractivity contribution is 0.723. The number of hydrogen-bond donors (Lipinski definition) is 1. The molecule has 4 rings (SSSR count). The van der Waals surface area contributed by atoms with Crippen LogP contribution in [-0.4, -0.2) is 9.55 Å². The highest BCUT2D eigenvalue weighted by Gasteiger charge is 2.14. The van der Waals surface area contributed by atoms with Crippen molar-refractivity contribution in [3.8, 4) is 11.4 Å². The van der Waals surface area contributed by atoms with E-state index < -0.39 is 0 Å². The minimum Gasteiger partial charge on any atom is -0.399 e. The maximum Gasteiger partial charge on any atom is 0.141 e. The highest BCUT2D eigenvalue weighted by molar-refractivity contribution is 5.82. The van der Waals surface area contributed by atoms with E-state index in [4.69, 9.17) is 10.7 Å². The maximum atomic E-state index is 6.02. The quantitative estimate of drug-likeness (QED) is 0.522. The number of aromatic nitrogens is 2. The SMILES string of the molecule is Cc1cc2nc(-c3cccc(N)c3)n(CCc3ccccc3)c2cc1C. The fourth-order valence-electron chi connectivity index (χ4n) is 3.39. The Labute approximate surface area is 154 Å². The minimum atomic E-state index is 0.761. The van der Waals surface area contributed by atoms with E-state index >= 15 is 0 Å². The fourth-order valence-corrected chi connectivity index (χ4v) is 3.39. The second-order valence-corrected chi connectivity index (χ2v) is 6.87. The summed E-state index contributed by atoms with van der Waals surface area (Å²) >= 11 is 0. The molecule has 0 unspecified atom stereocenters. The summed E-state index contributed by atoms with van der Waals surface area (Å²) in [6.45, 7) is 5.18. The zero-order chi connectivity index (χ0) is 18.1. The second-order valence-electron chi connectivity index (χ2n) is 6.87. The van der Waals surface area contributed by atoms with Crippen molar-refractivity contribution in [3.63, 3.8) is 0 Å². The average molecular weight is 341 g/mol. The lowest BCUT2D eigenvalue weighted by Crippen LogP contribution is -2.04. The first-order chi connectivity index (χ1) is 12.6. The molecule has 2 N–H and O–H groups in total. The number of benzene rings is 3. The highest BCUT2D eigenvalue weighted by Crippen LogP contribution is 2.28. The van der Waals surface area contributed by atoms with Crippen LogP contribution in [0.25, 0.3) is 22.4 Å². The molecule has 0 saturated heterocycles. The second kappa shape index (κ2) is 6.68. The van der Waals surface area contributed by atoms with Gasteiger partial charge in [0, 0.05) is 17.8 Å². The van der Waals surface area contributed by atoms with Gasteiger partial charge in [-0.05, 0) is 61.2 Å². The largest absolute Gasteiger partial charge is 0.399 e. The molecule has 0 aliphatic carbocycles. The number of anilines is 1. The van der Waals surface area contributed by atoms with Crippen molar-refractivity contribution in [1.29, 1.82) is 0 Å². The van der Waals surface area contributed by atoms with Gasteiger partial charge in [-0.2, -0.15) is 0 Å². The molecule has 0 atom stereocenters. The van der Waals surface area contributed by atoms with Gasteiger partial charge in [-0.15, -0.1) is 0 Å². The molecule has 0 fully saturated rings. The fraction of sp³-hybridized carbons (Fsp3) is 0.174. The van der Waals surface area contributed by atoms with Crippen molar-refractivity contribution >= 4 is 16.7 Å². The number of imidazole rings is 1. The topological polar surface area (TPSA) is 43.8 Å². The highest BCUT2D eigenvalue weighted by atomic mass is 15.1. The van der Waals surface area contributed by atoms with Gasteiger partial charge in [-0.25, -0.2) is 4.98 Å². The van der Waals surface area contributed by atoms with Gasteiger partial charge >= 0.3 is 0 Å². The number of nitrogens with two attached hydrogens (primary N) is 1. The van der Waals surface area contributed by atoms with Crippen LogP contribution in [-0.2, 0) is 13.0 Å². The molecule has 0 aliphatic heterocycles. The molecule has 130 valence electrons. The van der Waals surface area contributed by atoms with Crippen molar-refractivity contribution in [2.75, 3.05) is 5.73 Å². The molecule has 0 spiro atoms. The summed E-state index contributed by atoms with van der Waals surface area (Å²) in [7, 11) is 0. The first-order valence-electron chi connectivity index (χ1n) is 8.99. The summed E-state index contributed by atoms with van der Waals surface area (Å²) in [5.74, 6) is 0.980. The van der Waals surface area contributed by atoms with Gasteiger partial charge in [-0.3, -0.25) is 0 Å².